The lowest BCUT2D eigenvalue weighted by molar-refractivity contribution is -0.142. The van der Waals surface area contributed by atoms with Crippen LogP contribution in [0.15, 0.2) is 24.3 Å². The van der Waals surface area contributed by atoms with Crippen molar-refractivity contribution in [3.8, 4) is 6.07 Å². The molecule has 2 atom stereocenters. The highest BCUT2D eigenvalue weighted by Crippen LogP contribution is 2.24. The zero-order valence-corrected chi connectivity index (χ0v) is 21.2. The van der Waals surface area contributed by atoms with E-state index in [2.05, 4.69) is 10.6 Å². The summed E-state index contributed by atoms with van der Waals surface area (Å²) in [6.45, 7) is 8.86. The van der Waals surface area contributed by atoms with Crippen molar-refractivity contribution in [2.45, 2.75) is 78.0 Å². The van der Waals surface area contributed by atoms with Crippen LogP contribution in [0.2, 0.25) is 0 Å². The number of carbonyl (C=O) groups is 4. The van der Waals surface area contributed by atoms with Gasteiger partial charge in [-0.1, -0.05) is 44.5 Å². The predicted molar refractivity (Wildman–Crippen MR) is 131 cm³/mol. The Bertz CT molecular complexity index is 918. The Labute approximate surface area is 207 Å². The molecule has 2 unspecified atom stereocenters. The van der Waals surface area contributed by atoms with Gasteiger partial charge in [0.1, 0.15) is 24.2 Å². The summed E-state index contributed by atoms with van der Waals surface area (Å²) < 4.78 is 5.21. The maximum atomic E-state index is 13.6. The first kappa shape index (κ1) is 29.4. The minimum Gasteiger partial charge on any atom is -0.444 e. The number of amides is 4. The van der Waals surface area contributed by atoms with Gasteiger partial charge in [0.25, 0.3) is 0 Å². The molecule has 0 bridgehead atoms. The number of nitrogens with one attached hydrogen (secondary N) is 2. The number of unbranched alkanes of at least 4 members (excludes halogenated alkanes) is 1. The Morgan fingerprint density at radius 1 is 1.14 bits per heavy atom. The Balaban J connectivity index is 3.40. The molecule has 0 spiro atoms. The van der Waals surface area contributed by atoms with E-state index in [9.17, 15) is 24.4 Å². The van der Waals surface area contributed by atoms with Gasteiger partial charge in [-0.2, -0.15) is 5.26 Å². The SMILES string of the molecule is CCCCNC(=O)C(c1ccc(CC)cc1)N(CC#N)C(=O)C(CC(N)=O)NC(=O)OC(C)(C)C. The average molecular weight is 488 g/mol. The normalized spacial score (nSPS) is 12.6. The monoisotopic (exact) mass is 487 g/mol. The van der Waals surface area contributed by atoms with Crippen molar-refractivity contribution in [2.24, 2.45) is 5.73 Å². The summed E-state index contributed by atoms with van der Waals surface area (Å²) in [4.78, 5) is 51.9. The third kappa shape index (κ3) is 10.0. The fourth-order valence-corrected chi connectivity index (χ4v) is 3.32. The van der Waals surface area contributed by atoms with Crippen molar-refractivity contribution in [3.05, 3.63) is 35.4 Å². The van der Waals surface area contributed by atoms with Gasteiger partial charge in [-0.15, -0.1) is 0 Å². The van der Waals surface area contributed by atoms with Gasteiger partial charge in [0, 0.05) is 6.54 Å². The molecule has 0 saturated carbocycles. The number of nitriles is 1. The molecular weight excluding hydrogens is 450 g/mol. The number of hydrogen-bond donors (Lipinski definition) is 3. The van der Waals surface area contributed by atoms with Gasteiger partial charge in [-0.25, -0.2) is 4.79 Å². The molecule has 0 heterocycles. The second-order valence-electron chi connectivity index (χ2n) is 9.14. The van der Waals surface area contributed by atoms with Crippen LogP contribution in [0.25, 0.3) is 0 Å². The van der Waals surface area contributed by atoms with E-state index in [1.807, 2.05) is 32.0 Å². The molecule has 192 valence electrons. The quantitative estimate of drug-likeness (QED) is 0.304. The zero-order valence-electron chi connectivity index (χ0n) is 21.2. The standard InChI is InChI=1S/C25H37N5O5/c1-6-8-14-28-22(32)21(18-11-9-17(7-2)10-12-18)30(15-13-26)23(33)19(16-20(27)31)29-24(34)35-25(3,4)5/h9-12,19,21H,6-8,14-16H2,1-5H3,(H2,27,31)(H,28,32)(H,29,34). The zero-order chi connectivity index (χ0) is 26.6. The molecule has 0 radical (unpaired) electrons. The van der Waals surface area contributed by atoms with E-state index >= 15 is 0 Å². The first-order valence-corrected chi connectivity index (χ1v) is 11.7. The van der Waals surface area contributed by atoms with E-state index in [1.54, 1.807) is 32.9 Å². The summed E-state index contributed by atoms with van der Waals surface area (Å²) in [5.74, 6) is -2.11. The van der Waals surface area contributed by atoms with Gasteiger partial charge in [0.05, 0.1) is 12.5 Å². The average Bonchev–Trinajstić information content (AvgIpc) is 2.77. The van der Waals surface area contributed by atoms with E-state index in [0.717, 1.165) is 29.7 Å². The molecule has 35 heavy (non-hydrogen) atoms. The number of alkyl carbamates (subject to hydrolysis) is 1. The van der Waals surface area contributed by atoms with Gasteiger partial charge in [0.2, 0.25) is 17.7 Å². The number of hydrogen-bond acceptors (Lipinski definition) is 6. The van der Waals surface area contributed by atoms with E-state index in [0.29, 0.717) is 12.1 Å². The number of nitrogens with zero attached hydrogens (tertiary/aromatic N) is 2. The maximum absolute atomic E-state index is 13.6. The van der Waals surface area contributed by atoms with Gasteiger partial charge in [-0.3, -0.25) is 14.4 Å². The fourth-order valence-electron chi connectivity index (χ4n) is 3.32. The van der Waals surface area contributed by atoms with Gasteiger partial charge < -0.3 is 26.0 Å². The molecule has 4 amide bonds. The van der Waals surface area contributed by atoms with Crippen LogP contribution in [0.4, 0.5) is 4.79 Å². The number of benzene rings is 1. The highest BCUT2D eigenvalue weighted by atomic mass is 16.6. The smallest absolute Gasteiger partial charge is 0.408 e. The number of primary amides is 1. The molecule has 10 nitrogen and oxygen atoms in total. The summed E-state index contributed by atoms with van der Waals surface area (Å²) in [5.41, 5.74) is 6.01. The van der Waals surface area contributed by atoms with Crippen molar-refractivity contribution in [2.75, 3.05) is 13.1 Å². The molecule has 0 aliphatic heterocycles. The lowest BCUT2D eigenvalue weighted by Crippen LogP contribution is -2.54. The topological polar surface area (TPSA) is 155 Å². The Hall–Kier alpha value is -3.61. The first-order chi connectivity index (χ1) is 16.4. The molecule has 0 aromatic heterocycles. The van der Waals surface area contributed by atoms with Crippen molar-refractivity contribution in [1.29, 1.82) is 5.26 Å². The van der Waals surface area contributed by atoms with Crippen LogP contribution in [0.5, 0.6) is 0 Å². The highest BCUT2D eigenvalue weighted by Gasteiger charge is 2.36. The van der Waals surface area contributed by atoms with Crippen LogP contribution in [0, 0.1) is 11.3 Å². The first-order valence-electron chi connectivity index (χ1n) is 11.7. The summed E-state index contributed by atoms with van der Waals surface area (Å²) in [6, 6.07) is 6.48. The van der Waals surface area contributed by atoms with Crippen molar-refractivity contribution in [3.63, 3.8) is 0 Å². The van der Waals surface area contributed by atoms with Gasteiger partial charge >= 0.3 is 6.09 Å². The Kier molecular flexibility index (Phi) is 11.7. The molecule has 1 aromatic carbocycles. The number of rotatable bonds is 12. The number of aryl methyl sites for hydroxylation is 1. The second kappa shape index (κ2) is 13.9. The van der Waals surface area contributed by atoms with Gasteiger partial charge in [-0.05, 0) is 44.7 Å². The third-order valence-electron chi connectivity index (χ3n) is 5.01. The summed E-state index contributed by atoms with van der Waals surface area (Å²) in [6.07, 6.45) is 0.931. The second-order valence-corrected chi connectivity index (χ2v) is 9.14. The van der Waals surface area contributed by atoms with Gasteiger partial charge in [0.15, 0.2) is 0 Å². The van der Waals surface area contributed by atoms with Crippen molar-refractivity contribution in [1.82, 2.24) is 15.5 Å². The predicted octanol–water partition coefficient (Wildman–Crippen LogP) is 2.33. The minimum absolute atomic E-state index is 0.397. The van der Waals surface area contributed by atoms with Crippen LogP contribution >= 0.6 is 0 Å². The van der Waals surface area contributed by atoms with Crippen molar-refractivity contribution >= 4 is 23.8 Å². The number of carbonyl (C=O) groups excluding carboxylic acids is 4. The largest absolute Gasteiger partial charge is 0.444 e. The molecule has 0 fully saturated rings. The molecule has 0 saturated heterocycles. The highest BCUT2D eigenvalue weighted by molar-refractivity contribution is 5.94. The lowest BCUT2D eigenvalue weighted by Gasteiger charge is -2.32. The van der Waals surface area contributed by atoms with E-state index in [-0.39, 0.29) is 0 Å². The molecule has 4 N–H and O–H groups in total. The summed E-state index contributed by atoms with van der Waals surface area (Å²) in [5, 5.41) is 14.7. The van der Waals surface area contributed by atoms with E-state index < -0.39 is 54.5 Å². The van der Waals surface area contributed by atoms with Crippen LogP contribution in [0.1, 0.15) is 71.0 Å². The molecular formula is C25H37N5O5. The summed E-state index contributed by atoms with van der Waals surface area (Å²) >= 11 is 0. The van der Waals surface area contributed by atoms with Crippen LogP contribution in [-0.4, -0.2) is 53.4 Å². The maximum Gasteiger partial charge on any atom is 0.408 e. The molecule has 0 aliphatic carbocycles. The third-order valence-corrected chi connectivity index (χ3v) is 5.01. The molecule has 0 aliphatic rings. The number of nitrogens with two attached hydrogens (primary N) is 1. The molecule has 1 rings (SSSR count). The van der Waals surface area contributed by atoms with E-state index in [1.165, 1.54) is 0 Å². The summed E-state index contributed by atoms with van der Waals surface area (Å²) in [7, 11) is 0. The minimum atomic E-state index is -1.42. The molecule has 1 aromatic rings. The van der Waals surface area contributed by atoms with Crippen LogP contribution in [-0.2, 0) is 25.5 Å². The Morgan fingerprint density at radius 2 is 1.77 bits per heavy atom. The molecule has 10 heteroatoms. The Morgan fingerprint density at radius 3 is 2.26 bits per heavy atom. The van der Waals surface area contributed by atoms with Crippen LogP contribution in [0.3, 0.4) is 0 Å². The fraction of sp³-hybridized carbons (Fsp3) is 0.560. The number of ether oxygens (including phenoxy) is 1. The van der Waals surface area contributed by atoms with Crippen LogP contribution < -0.4 is 16.4 Å². The van der Waals surface area contributed by atoms with Crippen molar-refractivity contribution < 1.29 is 23.9 Å². The lowest BCUT2D eigenvalue weighted by atomic mass is 10.00. The van der Waals surface area contributed by atoms with E-state index in [4.69, 9.17) is 10.5 Å².